The van der Waals surface area contributed by atoms with E-state index >= 15 is 0 Å². The van der Waals surface area contributed by atoms with E-state index in [4.69, 9.17) is 0 Å². The fourth-order valence-electron chi connectivity index (χ4n) is 1.74. The van der Waals surface area contributed by atoms with Gasteiger partial charge < -0.3 is 5.32 Å². The molecule has 0 radical (unpaired) electrons. The van der Waals surface area contributed by atoms with Crippen LogP contribution < -0.4 is 5.32 Å². The highest BCUT2D eigenvalue weighted by Gasteiger charge is 2.23. The van der Waals surface area contributed by atoms with Crippen molar-refractivity contribution in [2.24, 2.45) is 5.92 Å². The first-order valence-corrected chi connectivity index (χ1v) is 5.26. The van der Waals surface area contributed by atoms with Gasteiger partial charge in [0.25, 0.3) is 0 Å². The summed E-state index contributed by atoms with van der Waals surface area (Å²) in [4.78, 5) is 2.43. The van der Waals surface area contributed by atoms with Crippen molar-refractivity contribution in [3.63, 3.8) is 0 Å². The largest absolute Gasteiger partial charge is 0.318 e. The molecule has 80 valence electrons. The quantitative estimate of drug-likeness (QED) is 0.682. The number of rotatable bonds is 6. The topological polar surface area (TPSA) is 15.3 Å². The number of likely N-dealkylation sites (N-methyl/N-ethyl adjacent to an activating group) is 2. The van der Waals surface area contributed by atoms with Gasteiger partial charge in [-0.3, -0.25) is 4.90 Å². The zero-order valence-electron chi connectivity index (χ0n) is 10.1. The normalized spacial score (nSPS) is 12.9. The van der Waals surface area contributed by atoms with Gasteiger partial charge in [0, 0.05) is 18.6 Å². The predicted molar refractivity (Wildman–Crippen MR) is 60.1 cm³/mol. The Morgan fingerprint density at radius 3 is 2.23 bits per heavy atom. The van der Waals surface area contributed by atoms with Gasteiger partial charge >= 0.3 is 0 Å². The molecule has 1 N–H and O–H groups in total. The molecule has 0 atom stereocenters. The number of hydrogen-bond donors (Lipinski definition) is 1. The molecule has 0 bridgehead atoms. The molecule has 0 rings (SSSR count). The lowest BCUT2D eigenvalue weighted by molar-refractivity contribution is 0.131. The van der Waals surface area contributed by atoms with Crippen LogP contribution in [0.1, 0.15) is 34.1 Å². The summed E-state index contributed by atoms with van der Waals surface area (Å²) in [6.07, 6.45) is 1.26. The van der Waals surface area contributed by atoms with Crippen molar-refractivity contribution in [3.8, 4) is 0 Å². The Hall–Kier alpha value is -0.0800. The Kier molecular flexibility index (Phi) is 5.57. The first-order valence-electron chi connectivity index (χ1n) is 5.26. The summed E-state index contributed by atoms with van der Waals surface area (Å²) in [5.74, 6) is 0.770. The van der Waals surface area contributed by atoms with Crippen molar-refractivity contribution >= 4 is 0 Å². The standard InChI is InChI=1S/C11H26N2/c1-10(2)9-11(3,4)13(6)8-7-12-5/h10,12H,7-9H2,1-6H3. The summed E-state index contributed by atoms with van der Waals surface area (Å²) in [6, 6.07) is 0. The monoisotopic (exact) mass is 186 g/mol. The van der Waals surface area contributed by atoms with Crippen LogP contribution in [0.3, 0.4) is 0 Å². The van der Waals surface area contributed by atoms with E-state index in [-0.39, 0.29) is 0 Å². The van der Waals surface area contributed by atoms with Gasteiger partial charge in [-0.1, -0.05) is 13.8 Å². The van der Waals surface area contributed by atoms with Crippen LogP contribution in [0.4, 0.5) is 0 Å². The van der Waals surface area contributed by atoms with Crippen LogP contribution in [-0.2, 0) is 0 Å². The predicted octanol–water partition coefficient (Wildman–Crippen LogP) is 1.96. The van der Waals surface area contributed by atoms with Crippen LogP contribution >= 0.6 is 0 Å². The number of hydrogen-bond acceptors (Lipinski definition) is 2. The van der Waals surface area contributed by atoms with Gasteiger partial charge in [-0.2, -0.15) is 0 Å². The summed E-state index contributed by atoms with van der Waals surface area (Å²) in [6.45, 7) is 11.4. The fraction of sp³-hybridized carbons (Fsp3) is 1.00. The molecule has 0 spiro atoms. The van der Waals surface area contributed by atoms with Crippen molar-refractivity contribution in [1.29, 1.82) is 0 Å². The molecule has 0 amide bonds. The zero-order valence-corrected chi connectivity index (χ0v) is 10.1. The van der Waals surface area contributed by atoms with Crippen LogP contribution in [0.15, 0.2) is 0 Å². The second-order valence-electron chi connectivity index (χ2n) is 4.94. The minimum atomic E-state index is 0.324. The van der Waals surface area contributed by atoms with Gasteiger partial charge in [0.1, 0.15) is 0 Å². The summed E-state index contributed by atoms with van der Waals surface area (Å²) in [5, 5.41) is 3.18. The minimum absolute atomic E-state index is 0.324. The van der Waals surface area contributed by atoms with Crippen LogP contribution in [0.5, 0.6) is 0 Å². The molecule has 0 aliphatic carbocycles. The number of nitrogens with zero attached hydrogens (tertiary/aromatic N) is 1. The van der Waals surface area contributed by atoms with Crippen LogP contribution in [0.2, 0.25) is 0 Å². The lowest BCUT2D eigenvalue weighted by Gasteiger charge is -2.37. The third-order valence-corrected chi connectivity index (χ3v) is 2.64. The lowest BCUT2D eigenvalue weighted by Crippen LogP contribution is -2.44. The van der Waals surface area contributed by atoms with Crippen molar-refractivity contribution in [2.45, 2.75) is 39.7 Å². The van der Waals surface area contributed by atoms with Gasteiger partial charge in [-0.05, 0) is 40.3 Å². The molecule has 0 fully saturated rings. The summed E-state index contributed by atoms with van der Waals surface area (Å²) >= 11 is 0. The van der Waals surface area contributed by atoms with E-state index in [1.54, 1.807) is 0 Å². The van der Waals surface area contributed by atoms with Crippen molar-refractivity contribution in [2.75, 3.05) is 27.2 Å². The molecule has 0 aliphatic heterocycles. The van der Waals surface area contributed by atoms with E-state index in [0.29, 0.717) is 5.54 Å². The molecule has 0 aromatic rings. The maximum Gasteiger partial charge on any atom is 0.0153 e. The number of nitrogens with one attached hydrogen (secondary N) is 1. The van der Waals surface area contributed by atoms with Crippen LogP contribution in [-0.4, -0.2) is 37.6 Å². The Morgan fingerprint density at radius 2 is 1.85 bits per heavy atom. The van der Waals surface area contributed by atoms with Crippen molar-refractivity contribution in [1.82, 2.24) is 10.2 Å². The minimum Gasteiger partial charge on any atom is -0.318 e. The maximum absolute atomic E-state index is 3.18. The van der Waals surface area contributed by atoms with E-state index in [0.717, 1.165) is 19.0 Å². The van der Waals surface area contributed by atoms with Crippen LogP contribution in [0.25, 0.3) is 0 Å². The van der Waals surface area contributed by atoms with Gasteiger partial charge in [0.15, 0.2) is 0 Å². The summed E-state index contributed by atoms with van der Waals surface area (Å²) in [5.41, 5.74) is 0.324. The first kappa shape index (κ1) is 12.9. The van der Waals surface area contributed by atoms with Crippen molar-refractivity contribution in [3.05, 3.63) is 0 Å². The molecule has 2 heteroatoms. The lowest BCUT2D eigenvalue weighted by atomic mass is 9.91. The van der Waals surface area contributed by atoms with Gasteiger partial charge in [-0.25, -0.2) is 0 Å². The molecule has 0 saturated carbocycles. The zero-order chi connectivity index (χ0) is 10.5. The Labute approximate surface area is 83.7 Å². The van der Waals surface area contributed by atoms with E-state index < -0.39 is 0 Å². The average Bonchev–Trinajstić information content (AvgIpc) is 1.97. The highest BCUT2D eigenvalue weighted by Crippen LogP contribution is 2.21. The third kappa shape index (κ3) is 5.27. The van der Waals surface area contributed by atoms with E-state index in [1.807, 2.05) is 7.05 Å². The summed E-state index contributed by atoms with van der Waals surface area (Å²) in [7, 11) is 4.21. The molecule has 0 aromatic carbocycles. The second kappa shape index (κ2) is 5.61. The highest BCUT2D eigenvalue weighted by atomic mass is 15.2. The molecular formula is C11H26N2. The van der Waals surface area contributed by atoms with E-state index in [1.165, 1.54) is 6.42 Å². The fourth-order valence-corrected chi connectivity index (χ4v) is 1.74. The smallest absolute Gasteiger partial charge is 0.0153 e. The molecule has 0 aliphatic rings. The molecule has 0 heterocycles. The molecule has 13 heavy (non-hydrogen) atoms. The Morgan fingerprint density at radius 1 is 1.31 bits per heavy atom. The second-order valence-corrected chi connectivity index (χ2v) is 4.94. The van der Waals surface area contributed by atoms with Gasteiger partial charge in [0.2, 0.25) is 0 Å². The molecule has 0 saturated heterocycles. The van der Waals surface area contributed by atoms with Crippen LogP contribution in [0, 0.1) is 5.92 Å². The molecule has 0 aromatic heterocycles. The summed E-state index contributed by atoms with van der Waals surface area (Å²) < 4.78 is 0. The van der Waals surface area contributed by atoms with E-state index in [2.05, 4.69) is 45.0 Å². The Bertz CT molecular complexity index is 130. The molecule has 0 unspecified atom stereocenters. The third-order valence-electron chi connectivity index (χ3n) is 2.64. The van der Waals surface area contributed by atoms with Gasteiger partial charge in [0.05, 0.1) is 0 Å². The highest BCUT2D eigenvalue weighted by molar-refractivity contribution is 4.80. The van der Waals surface area contributed by atoms with E-state index in [9.17, 15) is 0 Å². The Balaban J connectivity index is 3.94. The van der Waals surface area contributed by atoms with Crippen molar-refractivity contribution < 1.29 is 0 Å². The maximum atomic E-state index is 3.18. The average molecular weight is 186 g/mol. The SMILES string of the molecule is CNCCN(C)C(C)(C)CC(C)C. The molecular weight excluding hydrogens is 160 g/mol. The first-order chi connectivity index (χ1) is 5.90. The molecule has 2 nitrogen and oxygen atoms in total. The van der Waals surface area contributed by atoms with Gasteiger partial charge in [-0.15, -0.1) is 0 Å².